The van der Waals surface area contributed by atoms with Crippen LogP contribution < -0.4 is 4.74 Å². The Balaban J connectivity index is 2.63. The third kappa shape index (κ3) is 1.81. The molecule has 78 valence electrons. The van der Waals surface area contributed by atoms with E-state index in [2.05, 4.69) is 0 Å². The molecule has 0 saturated heterocycles. The minimum Gasteiger partial charge on any atom is -0.496 e. The van der Waals surface area contributed by atoms with Crippen molar-refractivity contribution in [1.82, 2.24) is 0 Å². The third-order valence-corrected chi connectivity index (χ3v) is 2.57. The van der Waals surface area contributed by atoms with Crippen LogP contribution in [0.2, 0.25) is 0 Å². The molecule has 0 spiro atoms. The monoisotopic (exact) mass is 202 g/mol. The zero-order valence-corrected chi connectivity index (χ0v) is 8.90. The van der Waals surface area contributed by atoms with Crippen molar-refractivity contribution in [3.63, 3.8) is 0 Å². The summed E-state index contributed by atoms with van der Waals surface area (Å²) in [6.45, 7) is 1.77. The first-order valence-corrected chi connectivity index (χ1v) is 4.97. The summed E-state index contributed by atoms with van der Waals surface area (Å²) in [6.07, 6.45) is -0.430. The molecule has 0 saturated carbocycles. The summed E-state index contributed by atoms with van der Waals surface area (Å²) in [5, 5.41) is 11.6. The lowest BCUT2D eigenvalue weighted by atomic mass is 10.0. The van der Waals surface area contributed by atoms with Crippen LogP contribution in [0.25, 0.3) is 10.8 Å². The molecule has 0 bridgehead atoms. The number of aliphatic hydroxyl groups excluding tert-OH is 1. The number of hydrogen-bond donors (Lipinski definition) is 1. The minimum absolute atomic E-state index is 0.430. The van der Waals surface area contributed by atoms with Crippen LogP contribution in [0.4, 0.5) is 0 Å². The summed E-state index contributed by atoms with van der Waals surface area (Å²) in [4.78, 5) is 0. The topological polar surface area (TPSA) is 29.5 Å². The fourth-order valence-corrected chi connectivity index (χ4v) is 1.71. The summed E-state index contributed by atoms with van der Waals surface area (Å²) < 4.78 is 5.27. The van der Waals surface area contributed by atoms with Gasteiger partial charge in [0.25, 0.3) is 0 Å². The van der Waals surface area contributed by atoms with E-state index >= 15 is 0 Å². The maximum atomic E-state index is 9.48. The summed E-state index contributed by atoms with van der Waals surface area (Å²) >= 11 is 0. The van der Waals surface area contributed by atoms with Crippen molar-refractivity contribution in [2.75, 3.05) is 7.11 Å². The van der Waals surface area contributed by atoms with Gasteiger partial charge in [-0.05, 0) is 30.0 Å². The van der Waals surface area contributed by atoms with E-state index in [9.17, 15) is 5.11 Å². The van der Waals surface area contributed by atoms with Crippen molar-refractivity contribution in [3.05, 3.63) is 42.0 Å². The smallest absolute Gasteiger partial charge is 0.126 e. The Morgan fingerprint density at radius 1 is 1.20 bits per heavy atom. The molecule has 15 heavy (non-hydrogen) atoms. The highest BCUT2D eigenvalue weighted by Crippen LogP contribution is 2.27. The molecule has 2 nitrogen and oxygen atoms in total. The van der Waals surface area contributed by atoms with Crippen LogP contribution in [0.15, 0.2) is 36.4 Å². The Labute approximate surface area is 89.1 Å². The van der Waals surface area contributed by atoms with Gasteiger partial charge >= 0.3 is 0 Å². The predicted octanol–water partition coefficient (Wildman–Crippen LogP) is 2.90. The Morgan fingerprint density at radius 3 is 2.67 bits per heavy atom. The maximum absolute atomic E-state index is 9.48. The molecule has 0 aromatic heterocycles. The van der Waals surface area contributed by atoms with E-state index in [0.717, 1.165) is 22.1 Å². The predicted molar refractivity (Wildman–Crippen MR) is 61.1 cm³/mol. The van der Waals surface area contributed by atoms with Gasteiger partial charge in [0.2, 0.25) is 0 Å². The largest absolute Gasteiger partial charge is 0.496 e. The number of aliphatic hydroxyl groups is 1. The molecule has 0 heterocycles. The quantitative estimate of drug-likeness (QED) is 0.811. The number of methoxy groups -OCH3 is 1. The molecule has 2 heteroatoms. The van der Waals surface area contributed by atoms with Crippen molar-refractivity contribution in [3.8, 4) is 5.75 Å². The SMILES string of the molecule is COc1cccc2cc(C(C)O)ccc12. The Bertz CT molecular complexity index is 475. The molecular weight excluding hydrogens is 188 g/mol. The van der Waals surface area contributed by atoms with E-state index < -0.39 is 6.10 Å². The van der Waals surface area contributed by atoms with Crippen molar-refractivity contribution < 1.29 is 9.84 Å². The molecule has 0 aliphatic rings. The van der Waals surface area contributed by atoms with E-state index in [1.54, 1.807) is 14.0 Å². The van der Waals surface area contributed by atoms with Gasteiger partial charge in [0.05, 0.1) is 13.2 Å². The second-order valence-electron chi connectivity index (χ2n) is 3.62. The Morgan fingerprint density at radius 2 is 2.00 bits per heavy atom. The van der Waals surface area contributed by atoms with Gasteiger partial charge in [-0.25, -0.2) is 0 Å². The van der Waals surface area contributed by atoms with Crippen molar-refractivity contribution in [2.24, 2.45) is 0 Å². The van der Waals surface area contributed by atoms with Crippen LogP contribution in [0.5, 0.6) is 5.75 Å². The first kappa shape index (κ1) is 9.99. The van der Waals surface area contributed by atoms with Gasteiger partial charge in [0, 0.05) is 5.39 Å². The van der Waals surface area contributed by atoms with Crippen LogP contribution in [0.1, 0.15) is 18.6 Å². The highest BCUT2D eigenvalue weighted by molar-refractivity contribution is 5.88. The molecule has 2 rings (SSSR count). The van der Waals surface area contributed by atoms with E-state index in [-0.39, 0.29) is 0 Å². The zero-order valence-electron chi connectivity index (χ0n) is 8.90. The average molecular weight is 202 g/mol. The molecule has 0 fully saturated rings. The summed E-state index contributed by atoms with van der Waals surface area (Å²) in [5.41, 5.74) is 0.927. The second-order valence-corrected chi connectivity index (χ2v) is 3.62. The van der Waals surface area contributed by atoms with Gasteiger partial charge in [0.1, 0.15) is 5.75 Å². The van der Waals surface area contributed by atoms with E-state index in [1.807, 2.05) is 36.4 Å². The molecule has 1 atom stereocenters. The van der Waals surface area contributed by atoms with Gasteiger partial charge in [-0.3, -0.25) is 0 Å². The lowest BCUT2D eigenvalue weighted by Crippen LogP contribution is -1.91. The van der Waals surface area contributed by atoms with Gasteiger partial charge in [-0.1, -0.05) is 24.3 Å². The Kier molecular flexibility index (Phi) is 2.60. The van der Waals surface area contributed by atoms with Crippen LogP contribution >= 0.6 is 0 Å². The highest BCUT2D eigenvalue weighted by Gasteiger charge is 2.04. The molecular formula is C13H14O2. The summed E-state index contributed by atoms with van der Waals surface area (Å²) in [6, 6.07) is 11.8. The molecule has 0 radical (unpaired) electrons. The molecule has 0 aliphatic carbocycles. The fourth-order valence-electron chi connectivity index (χ4n) is 1.71. The van der Waals surface area contributed by atoms with Gasteiger partial charge in [-0.15, -0.1) is 0 Å². The zero-order chi connectivity index (χ0) is 10.8. The van der Waals surface area contributed by atoms with Crippen molar-refractivity contribution >= 4 is 10.8 Å². The fraction of sp³-hybridized carbons (Fsp3) is 0.231. The standard InChI is InChI=1S/C13H14O2/c1-9(14)10-6-7-12-11(8-10)4-3-5-13(12)15-2/h3-9,14H,1-2H3. The van der Waals surface area contributed by atoms with Crippen molar-refractivity contribution in [1.29, 1.82) is 0 Å². The van der Waals surface area contributed by atoms with Gasteiger partial charge < -0.3 is 9.84 Å². The van der Waals surface area contributed by atoms with Crippen LogP contribution in [-0.4, -0.2) is 12.2 Å². The van der Waals surface area contributed by atoms with E-state index in [0.29, 0.717) is 0 Å². The lowest BCUT2D eigenvalue weighted by Gasteiger charge is -2.08. The van der Waals surface area contributed by atoms with Crippen LogP contribution in [0.3, 0.4) is 0 Å². The van der Waals surface area contributed by atoms with Crippen molar-refractivity contribution in [2.45, 2.75) is 13.0 Å². The molecule has 1 N–H and O–H groups in total. The Hall–Kier alpha value is -1.54. The molecule has 0 amide bonds. The number of hydrogen-bond acceptors (Lipinski definition) is 2. The molecule has 2 aromatic carbocycles. The highest BCUT2D eigenvalue weighted by atomic mass is 16.5. The lowest BCUT2D eigenvalue weighted by molar-refractivity contribution is 0.199. The normalized spacial score (nSPS) is 12.7. The number of ether oxygens (including phenoxy) is 1. The van der Waals surface area contributed by atoms with Gasteiger partial charge in [0.15, 0.2) is 0 Å². The number of benzene rings is 2. The number of fused-ring (bicyclic) bond motifs is 1. The van der Waals surface area contributed by atoms with Crippen LogP contribution in [0, 0.1) is 0 Å². The first-order valence-electron chi connectivity index (χ1n) is 4.97. The van der Waals surface area contributed by atoms with E-state index in [1.165, 1.54) is 0 Å². The minimum atomic E-state index is -0.430. The summed E-state index contributed by atoms with van der Waals surface area (Å²) in [5.74, 6) is 0.865. The van der Waals surface area contributed by atoms with Gasteiger partial charge in [-0.2, -0.15) is 0 Å². The molecule has 2 aromatic rings. The van der Waals surface area contributed by atoms with E-state index in [4.69, 9.17) is 4.74 Å². The van der Waals surface area contributed by atoms with Crippen LogP contribution in [-0.2, 0) is 0 Å². The maximum Gasteiger partial charge on any atom is 0.126 e. The molecule has 1 unspecified atom stereocenters. The summed E-state index contributed by atoms with van der Waals surface area (Å²) in [7, 11) is 1.66. The number of rotatable bonds is 2. The molecule has 0 aliphatic heterocycles. The second kappa shape index (κ2) is 3.91. The third-order valence-electron chi connectivity index (χ3n) is 2.57. The first-order chi connectivity index (χ1) is 7.22. The average Bonchev–Trinajstić information content (AvgIpc) is 2.27.